The van der Waals surface area contributed by atoms with E-state index >= 15 is 0 Å². The van der Waals surface area contributed by atoms with Gasteiger partial charge < -0.3 is 19.3 Å². The van der Waals surface area contributed by atoms with Crippen molar-refractivity contribution in [2.75, 3.05) is 33.3 Å². The quantitative estimate of drug-likeness (QED) is 0.807. The Hall–Kier alpha value is -2.24. The van der Waals surface area contributed by atoms with Crippen LogP contribution in [0, 0.1) is 5.92 Å². The summed E-state index contributed by atoms with van der Waals surface area (Å²) in [7, 11) is 1.80. The minimum Gasteiger partial charge on any atom is -0.492 e. The van der Waals surface area contributed by atoms with Gasteiger partial charge >= 0.3 is 6.09 Å². The molecular weight excluding hydrogens is 332 g/mol. The lowest BCUT2D eigenvalue weighted by atomic mass is 9.95. The molecule has 1 aliphatic heterocycles. The molecule has 0 unspecified atom stereocenters. The predicted octanol–water partition coefficient (Wildman–Crippen LogP) is 3.17. The fraction of sp³-hybridized carbons (Fsp3) is 0.600. The molecule has 1 aromatic carbocycles. The number of nitrogens with zero attached hydrogens (tertiary/aromatic N) is 2. The first-order valence-corrected chi connectivity index (χ1v) is 9.17. The van der Waals surface area contributed by atoms with Crippen molar-refractivity contribution in [3.8, 4) is 5.75 Å². The van der Waals surface area contributed by atoms with Gasteiger partial charge in [-0.15, -0.1) is 0 Å². The minimum absolute atomic E-state index is 0.0459. The van der Waals surface area contributed by atoms with E-state index in [-0.39, 0.29) is 17.9 Å². The Morgan fingerprint density at radius 2 is 1.77 bits per heavy atom. The van der Waals surface area contributed by atoms with Crippen molar-refractivity contribution in [2.24, 2.45) is 5.92 Å². The van der Waals surface area contributed by atoms with Gasteiger partial charge in [-0.05, 0) is 45.7 Å². The molecule has 0 atom stereocenters. The van der Waals surface area contributed by atoms with Crippen LogP contribution in [0.3, 0.4) is 0 Å². The summed E-state index contributed by atoms with van der Waals surface area (Å²) in [4.78, 5) is 28.1. The summed E-state index contributed by atoms with van der Waals surface area (Å²) < 4.78 is 11.0. The monoisotopic (exact) mass is 362 g/mol. The molecule has 0 saturated carbocycles. The highest BCUT2D eigenvalue weighted by Crippen LogP contribution is 2.21. The number of hydrogen-bond donors (Lipinski definition) is 0. The van der Waals surface area contributed by atoms with Crippen LogP contribution >= 0.6 is 0 Å². The molecule has 0 radical (unpaired) electrons. The molecule has 2 rings (SSSR count). The maximum Gasteiger partial charge on any atom is 0.410 e. The SMILES string of the molecule is CN(CCOc1ccccc1)C(=O)C1CCN(C(=O)OC(C)(C)C)CC1. The third-order valence-electron chi connectivity index (χ3n) is 4.31. The van der Waals surface area contributed by atoms with Crippen molar-refractivity contribution >= 4 is 12.0 Å². The van der Waals surface area contributed by atoms with Gasteiger partial charge in [0, 0.05) is 26.1 Å². The van der Waals surface area contributed by atoms with E-state index in [2.05, 4.69) is 0 Å². The van der Waals surface area contributed by atoms with E-state index in [0.29, 0.717) is 39.1 Å². The first-order chi connectivity index (χ1) is 12.3. The number of likely N-dealkylation sites (tertiary alicyclic amines) is 1. The summed E-state index contributed by atoms with van der Waals surface area (Å²) >= 11 is 0. The molecule has 0 spiro atoms. The summed E-state index contributed by atoms with van der Waals surface area (Å²) in [5.41, 5.74) is -0.497. The number of benzene rings is 1. The van der Waals surface area contributed by atoms with Gasteiger partial charge in [0.1, 0.15) is 18.0 Å². The number of amides is 2. The molecule has 1 heterocycles. The standard InChI is InChI=1S/C20H30N2O4/c1-20(2,3)26-19(24)22-12-10-16(11-13-22)18(23)21(4)14-15-25-17-8-6-5-7-9-17/h5-9,16H,10-15H2,1-4H3. The van der Waals surface area contributed by atoms with E-state index in [0.717, 1.165) is 5.75 Å². The largest absolute Gasteiger partial charge is 0.492 e. The number of carbonyl (C=O) groups excluding carboxylic acids is 2. The van der Waals surface area contributed by atoms with Crippen LogP contribution in [0.25, 0.3) is 0 Å². The molecular formula is C20H30N2O4. The van der Waals surface area contributed by atoms with Crippen LogP contribution in [0.15, 0.2) is 30.3 Å². The maximum atomic E-state index is 12.6. The van der Waals surface area contributed by atoms with E-state index in [9.17, 15) is 9.59 Å². The molecule has 0 aromatic heterocycles. The molecule has 6 nitrogen and oxygen atoms in total. The van der Waals surface area contributed by atoms with Gasteiger partial charge in [-0.1, -0.05) is 18.2 Å². The van der Waals surface area contributed by atoms with Gasteiger partial charge in [-0.2, -0.15) is 0 Å². The second kappa shape index (κ2) is 8.92. The highest BCUT2D eigenvalue weighted by atomic mass is 16.6. The number of likely N-dealkylation sites (N-methyl/N-ethyl adjacent to an activating group) is 1. The zero-order chi connectivity index (χ0) is 19.2. The fourth-order valence-corrected chi connectivity index (χ4v) is 2.87. The Balaban J connectivity index is 1.72. The van der Waals surface area contributed by atoms with Crippen LogP contribution in [-0.4, -0.2) is 60.7 Å². The smallest absolute Gasteiger partial charge is 0.410 e. The van der Waals surface area contributed by atoms with E-state index < -0.39 is 5.60 Å². The average Bonchev–Trinajstić information content (AvgIpc) is 2.60. The Morgan fingerprint density at radius 1 is 1.15 bits per heavy atom. The highest BCUT2D eigenvalue weighted by molar-refractivity contribution is 5.79. The highest BCUT2D eigenvalue weighted by Gasteiger charge is 2.31. The van der Waals surface area contributed by atoms with Crippen LogP contribution in [0.4, 0.5) is 4.79 Å². The van der Waals surface area contributed by atoms with Crippen molar-refractivity contribution in [3.63, 3.8) is 0 Å². The van der Waals surface area contributed by atoms with Gasteiger partial charge in [-0.3, -0.25) is 4.79 Å². The van der Waals surface area contributed by atoms with Gasteiger partial charge in [0.2, 0.25) is 5.91 Å². The van der Waals surface area contributed by atoms with Crippen molar-refractivity contribution in [1.82, 2.24) is 9.80 Å². The van der Waals surface area contributed by atoms with E-state index in [4.69, 9.17) is 9.47 Å². The summed E-state index contributed by atoms with van der Waals surface area (Å²) in [6, 6.07) is 9.57. The number of ether oxygens (including phenoxy) is 2. The predicted molar refractivity (Wildman–Crippen MR) is 100 cm³/mol. The first-order valence-electron chi connectivity index (χ1n) is 9.17. The summed E-state index contributed by atoms with van der Waals surface area (Å²) in [6.07, 6.45) is 1.04. The van der Waals surface area contributed by atoms with Crippen molar-refractivity contribution in [1.29, 1.82) is 0 Å². The molecule has 2 amide bonds. The molecule has 0 bridgehead atoms. The zero-order valence-corrected chi connectivity index (χ0v) is 16.2. The topological polar surface area (TPSA) is 59.1 Å². The molecule has 6 heteroatoms. The lowest BCUT2D eigenvalue weighted by Crippen LogP contribution is -2.45. The maximum absolute atomic E-state index is 12.6. The molecule has 0 aliphatic carbocycles. The normalized spacial score (nSPS) is 15.5. The van der Waals surface area contributed by atoms with E-state index in [1.54, 1.807) is 16.8 Å². The van der Waals surface area contributed by atoms with Crippen molar-refractivity contribution in [2.45, 2.75) is 39.2 Å². The first kappa shape index (κ1) is 20.1. The zero-order valence-electron chi connectivity index (χ0n) is 16.2. The third kappa shape index (κ3) is 6.24. The molecule has 144 valence electrons. The number of para-hydroxylation sites is 1. The number of carbonyl (C=O) groups is 2. The number of piperidine rings is 1. The van der Waals surface area contributed by atoms with Crippen LogP contribution in [0.2, 0.25) is 0 Å². The summed E-state index contributed by atoms with van der Waals surface area (Å²) in [6.45, 7) is 7.68. The van der Waals surface area contributed by atoms with Crippen LogP contribution in [0.1, 0.15) is 33.6 Å². The summed E-state index contributed by atoms with van der Waals surface area (Å²) in [5, 5.41) is 0. The molecule has 26 heavy (non-hydrogen) atoms. The van der Waals surface area contributed by atoms with Crippen LogP contribution in [-0.2, 0) is 9.53 Å². The van der Waals surface area contributed by atoms with Gasteiger partial charge in [0.05, 0.1) is 6.54 Å². The van der Waals surface area contributed by atoms with E-state index in [1.165, 1.54) is 0 Å². The van der Waals surface area contributed by atoms with Crippen molar-refractivity contribution in [3.05, 3.63) is 30.3 Å². The number of hydrogen-bond acceptors (Lipinski definition) is 4. The summed E-state index contributed by atoms with van der Waals surface area (Å²) in [5.74, 6) is 0.875. The van der Waals surface area contributed by atoms with Gasteiger partial charge in [0.15, 0.2) is 0 Å². The third-order valence-corrected chi connectivity index (χ3v) is 4.31. The molecule has 1 aliphatic rings. The Morgan fingerprint density at radius 3 is 2.35 bits per heavy atom. The minimum atomic E-state index is -0.497. The average molecular weight is 362 g/mol. The second-order valence-corrected chi connectivity index (χ2v) is 7.66. The lowest BCUT2D eigenvalue weighted by Gasteiger charge is -2.34. The Kier molecular flexibility index (Phi) is 6.89. The molecule has 1 fully saturated rings. The second-order valence-electron chi connectivity index (χ2n) is 7.66. The van der Waals surface area contributed by atoms with Crippen LogP contribution < -0.4 is 4.74 Å². The number of rotatable bonds is 5. The van der Waals surface area contributed by atoms with Gasteiger partial charge in [0.25, 0.3) is 0 Å². The molecule has 1 saturated heterocycles. The Bertz CT molecular complexity index is 590. The molecule has 0 N–H and O–H groups in total. The molecule has 1 aromatic rings. The Labute approximate surface area is 156 Å². The van der Waals surface area contributed by atoms with Crippen LogP contribution in [0.5, 0.6) is 5.75 Å². The fourth-order valence-electron chi connectivity index (χ4n) is 2.87. The van der Waals surface area contributed by atoms with Gasteiger partial charge in [-0.25, -0.2) is 4.79 Å². The lowest BCUT2D eigenvalue weighted by molar-refractivity contribution is -0.136. The van der Waals surface area contributed by atoms with Crippen molar-refractivity contribution < 1.29 is 19.1 Å². The van der Waals surface area contributed by atoms with E-state index in [1.807, 2.05) is 51.1 Å².